The molecule has 10 heteroatoms. The number of hydrogen-bond donors (Lipinski definition) is 1. The van der Waals surface area contributed by atoms with Gasteiger partial charge in [0.05, 0.1) is 10.7 Å². The molecule has 2 heterocycles. The van der Waals surface area contributed by atoms with Gasteiger partial charge in [0.15, 0.2) is 12.1 Å². The average Bonchev–Trinajstić information content (AvgIpc) is 3.18. The molecule has 0 bridgehead atoms. The Labute approximate surface area is 169 Å². The molecule has 2 aliphatic rings. The van der Waals surface area contributed by atoms with Crippen molar-refractivity contribution in [2.45, 2.75) is 19.0 Å². The summed E-state index contributed by atoms with van der Waals surface area (Å²) in [5.74, 6) is -2.27. The molecule has 2 aromatic carbocycles. The van der Waals surface area contributed by atoms with Gasteiger partial charge in [-0.1, -0.05) is 29.0 Å². The molecule has 0 radical (unpaired) electrons. The van der Waals surface area contributed by atoms with E-state index in [1.165, 1.54) is 17.1 Å². The Morgan fingerprint density at radius 1 is 1.21 bits per heavy atom. The molecule has 1 saturated heterocycles. The Balaban J connectivity index is 1.50. The van der Waals surface area contributed by atoms with Crippen molar-refractivity contribution >= 4 is 40.7 Å². The van der Waals surface area contributed by atoms with Crippen molar-refractivity contribution in [3.05, 3.63) is 58.9 Å². The number of benzene rings is 2. The molecule has 1 N–H and O–H groups in total. The van der Waals surface area contributed by atoms with Crippen molar-refractivity contribution in [1.29, 1.82) is 0 Å². The Kier molecular flexibility index (Phi) is 4.75. The molecule has 8 nitrogen and oxygen atoms in total. The molecule has 2 atom stereocenters. The number of hydrogen-bond acceptors (Lipinski definition) is 6. The fourth-order valence-corrected chi connectivity index (χ4v) is 3.48. The number of aryl methyl sites for hydroxylation is 1. The Bertz CT molecular complexity index is 1060. The first kappa shape index (κ1) is 19.0. The summed E-state index contributed by atoms with van der Waals surface area (Å²) in [5, 5.41) is 11.4. The second kappa shape index (κ2) is 7.25. The number of fused-ring (bicyclic) bond motifs is 1. The van der Waals surface area contributed by atoms with Crippen LogP contribution in [0.3, 0.4) is 0 Å². The zero-order chi connectivity index (χ0) is 20.7. The average molecular weight is 416 g/mol. The highest BCUT2D eigenvalue weighted by Gasteiger charge is 2.55. The second-order valence-electron chi connectivity index (χ2n) is 6.72. The summed E-state index contributed by atoms with van der Waals surface area (Å²) >= 11 is 5.76. The summed E-state index contributed by atoms with van der Waals surface area (Å²) in [6.45, 7) is 1.64. The highest BCUT2D eigenvalue weighted by atomic mass is 35.5. The van der Waals surface area contributed by atoms with Crippen LogP contribution in [-0.4, -0.2) is 41.4 Å². The van der Waals surface area contributed by atoms with Crippen LogP contribution in [0.15, 0.2) is 52.8 Å². The van der Waals surface area contributed by atoms with Crippen LogP contribution in [0, 0.1) is 12.7 Å². The van der Waals surface area contributed by atoms with Crippen molar-refractivity contribution in [3.8, 4) is 0 Å². The summed E-state index contributed by atoms with van der Waals surface area (Å²) in [5.41, 5.74) is 1.73. The van der Waals surface area contributed by atoms with Gasteiger partial charge >= 0.3 is 0 Å². The van der Waals surface area contributed by atoms with E-state index in [1.807, 2.05) is 13.0 Å². The van der Waals surface area contributed by atoms with Crippen LogP contribution in [-0.2, 0) is 14.4 Å². The maximum absolute atomic E-state index is 13.4. The van der Waals surface area contributed by atoms with E-state index in [2.05, 4.69) is 15.7 Å². The van der Waals surface area contributed by atoms with E-state index in [-0.39, 0.29) is 17.3 Å². The summed E-state index contributed by atoms with van der Waals surface area (Å²) in [7, 11) is 0. The highest BCUT2D eigenvalue weighted by Crippen LogP contribution is 2.33. The molecule has 3 amide bonds. The summed E-state index contributed by atoms with van der Waals surface area (Å²) < 4.78 is 13.4. The van der Waals surface area contributed by atoms with Crippen LogP contribution >= 0.6 is 11.6 Å². The largest absolute Gasteiger partial charge is 0.324 e. The third kappa shape index (κ3) is 3.44. The monoisotopic (exact) mass is 415 g/mol. The number of carbonyl (C=O) groups excluding carboxylic acids is 3. The molecule has 0 aliphatic carbocycles. The lowest BCUT2D eigenvalue weighted by Gasteiger charge is -2.20. The maximum atomic E-state index is 13.4. The molecule has 1 fully saturated rings. The summed E-state index contributed by atoms with van der Waals surface area (Å²) in [4.78, 5) is 38.8. The first-order valence-corrected chi connectivity index (χ1v) is 9.10. The number of nitrogens with zero attached hydrogens (tertiary/aromatic N) is 4. The van der Waals surface area contributed by atoms with Gasteiger partial charge in [-0.3, -0.25) is 19.4 Å². The van der Waals surface area contributed by atoms with Crippen LogP contribution in [0.2, 0.25) is 5.02 Å². The van der Waals surface area contributed by atoms with E-state index in [0.29, 0.717) is 5.69 Å². The zero-order valence-corrected chi connectivity index (χ0v) is 15.9. The number of rotatable bonds is 4. The fraction of sp³-hybridized carbons (Fsp3) is 0.211. The molecule has 29 heavy (non-hydrogen) atoms. The molecular weight excluding hydrogens is 401 g/mol. The molecule has 0 unspecified atom stereocenters. The number of carbonyl (C=O) groups is 3. The van der Waals surface area contributed by atoms with Crippen LogP contribution in [0.5, 0.6) is 0 Å². The lowest BCUT2D eigenvalue weighted by Crippen LogP contribution is -2.43. The topological polar surface area (TPSA) is 94.4 Å². The van der Waals surface area contributed by atoms with E-state index < -0.39 is 35.6 Å². The van der Waals surface area contributed by atoms with E-state index >= 15 is 0 Å². The molecule has 2 aromatic rings. The predicted octanol–water partition coefficient (Wildman–Crippen LogP) is 2.72. The minimum Gasteiger partial charge on any atom is -0.324 e. The Hall–Kier alpha value is -3.33. The first-order valence-electron chi connectivity index (χ1n) is 8.72. The predicted molar refractivity (Wildman–Crippen MR) is 103 cm³/mol. The smallest absolute Gasteiger partial charge is 0.263 e. The van der Waals surface area contributed by atoms with E-state index in [4.69, 9.17) is 11.6 Å². The molecule has 2 aliphatic heterocycles. The number of anilines is 2. The van der Waals surface area contributed by atoms with Gasteiger partial charge in [0, 0.05) is 5.69 Å². The Morgan fingerprint density at radius 2 is 2.00 bits per heavy atom. The van der Waals surface area contributed by atoms with Crippen molar-refractivity contribution in [2.75, 3.05) is 16.8 Å². The number of imide groups is 1. The Morgan fingerprint density at radius 3 is 2.72 bits per heavy atom. The van der Waals surface area contributed by atoms with Crippen LogP contribution < -0.4 is 10.2 Å². The lowest BCUT2D eigenvalue weighted by molar-refractivity contribution is -0.123. The van der Waals surface area contributed by atoms with Gasteiger partial charge in [-0.2, -0.15) is 5.11 Å². The van der Waals surface area contributed by atoms with E-state index in [0.717, 1.165) is 16.5 Å². The van der Waals surface area contributed by atoms with Gasteiger partial charge in [-0.05, 0) is 42.8 Å². The van der Waals surface area contributed by atoms with Crippen LogP contribution in [0.25, 0.3) is 0 Å². The highest BCUT2D eigenvalue weighted by molar-refractivity contribution is 6.32. The van der Waals surface area contributed by atoms with Crippen LogP contribution in [0.1, 0.15) is 5.56 Å². The molecule has 0 saturated carbocycles. The van der Waals surface area contributed by atoms with Crippen LogP contribution in [0.4, 0.5) is 15.8 Å². The van der Waals surface area contributed by atoms with Gasteiger partial charge in [0.1, 0.15) is 12.4 Å². The quantitative estimate of drug-likeness (QED) is 0.777. The normalized spacial score (nSPS) is 20.4. The lowest BCUT2D eigenvalue weighted by atomic mass is 10.1. The van der Waals surface area contributed by atoms with E-state index in [9.17, 15) is 18.8 Å². The minimum absolute atomic E-state index is 0.139. The maximum Gasteiger partial charge on any atom is 0.263 e. The number of nitrogens with one attached hydrogen (secondary N) is 1. The fourth-order valence-electron chi connectivity index (χ4n) is 3.30. The summed E-state index contributed by atoms with van der Waals surface area (Å²) in [6.07, 6.45) is 0. The van der Waals surface area contributed by atoms with Gasteiger partial charge < -0.3 is 5.32 Å². The number of amides is 3. The van der Waals surface area contributed by atoms with Crippen molar-refractivity contribution in [2.24, 2.45) is 10.3 Å². The standard InChI is InChI=1S/C19H15ClFN5O3/c1-10-3-2-4-11(7-10)22-15(27)9-25-17-16(23-24-25)18(28)26(19(17)29)12-5-6-14(21)13(20)8-12/h2-8,16-17H,9H2,1H3,(H,22,27)/t16-,17+/m0/s1. The minimum atomic E-state index is -1.06. The van der Waals surface area contributed by atoms with E-state index in [1.54, 1.807) is 18.2 Å². The van der Waals surface area contributed by atoms with Gasteiger partial charge in [-0.15, -0.1) is 0 Å². The molecule has 0 spiro atoms. The molecule has 4 rings (SSSR count). The van der Waals surface area contributed by atoms with Crippen molar-refractivity contribution in [1.82, 2.24) is 5.01 Å². The van der Waals surface area contributed by atoms with Gasteiger partial charge in [0.25, 0.3) is 11.8 Å². The molecule has 0 aromatic heterocycles. The second-order valence-corrected chi connectivity index (χ2v) is 7.13. The van der Waals surface area contributed by atoms with Crippen molar-refractivity contribution in [3.63, 3.8) is 0 Å². The molecule has 148 valence electrons. The van der Waals surface area contributed by atoms with Crippen molar-refractivity contribution < 1.29 is 18.8 Å². The SMILES string of the molecule is Cc1cccc(NC(=O)CN2N=N[C@@H]3C(=O)N(c4ccc(F)c(Cl)c4)C(=O)[C@@H]32)c1. The molecular formula is C19H15ClFN5O3. The van der Waals surface area contributed by atoms with Gasteiger partial charge in [0.2, 0.25) is 5.91 Å². The third-order valence-corrected chi connectivity index (χ3v) is 4.92. The third-order valence-electron chi connectivity index (χ3n) is 4.63. The zero-order valence-electron chi connectivity index (χ0n) is 15.2. The first-order chi connectivity index (χ1) is 13.8. The number of halogens is 2. The van der Waals surface area contributed by atoms with Gasteiger partial charge in [-0.25, -0.2) is 9.29 Å². The summed E-state index contributed by atoms with van der Waals surface area (Å²) in [6, 6.07) is 8.70.